The number of hydrogen-bond acceptors (Lipinski definition) is 4. The summed E-state index contributed by atoms with van der Waals surface area (Å²) in [5, 5.41) is 5.59. The monoisotopic (exact) mass is 334 g/mol. The SMILES string of the molecule is CC(=O)Oc1ccccc1C(=O)NCCCC(=O)NCCC(C)C. The largest absolute Gasteiger partial charge is 0.426 e. The Morgan fingerprint density at radius 2 is 1.79 bits per heavy atom. The number of carbonyl (C=O) groups excluding carboxylic acids is 3. The van der Waals surface area contributed by atoms with E-state index in [-0.39, 0.29) is 17.6 Å². The summed E-state index contributed by atoms with van der Waals surface area (Å²) < 4.78 is 5.01. The smallest absolute Gasteiger partial charge is 0.308 e. The number of carbonyl (C=O) groups is 3. The zero-order valence-corrected chi connectivity index (χ0v) is 14.6. The van der Waals surface area contributed by atoms with E-state index in [0.29, 0.717) is 37.4 Å². The summed E-state index contributed by atoms with van der Waals surface area (Å²) in [6.45, 7) is 6.56. The molecule has 1 aromatic rings. The third kappa shape index (κ3) is 7.76. The normalized spacial score (nSPS) is 10.3. The molecule has 1 aromatic carbocycles. The van der Waals surface area contributed by atoms with Crippen molar-refractivity contribution >= 4 is 17.8 Å². The summed E-state index contributed by atoms with van der Waals surface area (Å²) in [6.07, 6.45) is 1.87. The summed E-state index contributed by atoms with van der Waals surface area (Å²) in [5.41, 5.74) is 0.300. The van der Waals surface area contributed by atoms with Gasteiger partial charge in [-0.25, -0.2) is 0 Å². The van der Waals surface area contributed by atoms with Crippen LogP contribution in [-0.2, 0) is 9.59 Å². The van der Waals surface area contributed by atoms with E-state index in [1.165, 1.54) is 6.92 Å². The van der Waals surface area contributed by atoms with Gasteiger partial charge in [-0.1, -0.05) is 26.0 Å². The fourth-order valence-electron chi connectivity index (χ4n) is 2.03. The maximum atomic E-state index is 12.1. The number of esters is 1. The maximum Gasteiger partial charge on any atom is 0.308 e. The summed E-state index contributed by atoms with van der Waals surface area (Å²) in [6, 6.07) is 6.55. The lowest BCUT2D eigenvalue weighted by Crippen LogP contribution is -2.28. The summed E-state index contributed by atoms with van der Waals surface area (Å²) in [5.74, 6) is -0.0265. The van der Waals surface area contributed by atoms with Crippen molar-refractivity contribution in [1.82, 2.24) is 10.6 Å². The molecule has 2 N–H and O–H groups in total. The van der Waals surface area contributed by atoms with E-state index < -0.39 is 5.97 Å². The fraction of sp³-hybridized carbons (Fsp3) is 0.500. The molecule has 0 radical (unpaired) electrons. The number of rotatable bonds is 9. The van der Waals surface area contributed by atoms with Crippen molar-refractivity contribution in [2.75, 3.05) is 13.1 Å². The van der Waals surface area contributed by atoms with Crippen LogP contribution in [0.4, 0.5) is 0 Å². The van der Waals surface area contributed by atoms with Crippen molar-refractivity contribution in [3.05, 3.63) is 29.8 Å². The van der Waals surface area contributed by atoms with Crippen molar-refractivity contribution in [3.8, 4) is 5.75 Å². The Kier molecular flexibility index (Phi) is 8.54. The Morgan fingerprint density at radius 3 is 2.46 bits per heavy atom. The quantitative estimate of drug-likeness (QED) is 0.412. The van der Waals surface area contributed by atoms with Gasteiger partial charge in [-0.05, 0) is 30.9 Å². The van der Waals surface area contributed by atoms with E-state index >= 15 is 0 Å². The molecule has 0 heterocycles. The molecular formula is C18H26N2O4. The van der Waals surface area contributed by atoms with Crippen molar-refractivity contribution in [1.29, 1.82) is 0 Å². The highest BCUT2D eigenvalue weighted by atomic mass is 16.5. The topological polar surface area (TPSA) is 84.5 Å². The lowest BCUT2D eigenvalue weighted by atomic mass is 10.1. The lowest BCUT2D eigenvalue weighted by molar-refractivity contribution is -0.131. The molecule has 0 bridgehead atoms. The predicted molar refractivity (Wildman–Crippen MR) is 91.8 cm³/mol. The van der Waals surface area contributed by atoms with E-state index in [1.807, 2.05) is 0 Å². The molecule has 0 atom stereocenters. The van der Waals surface area contributed by atoms with E-state index in [1.54, 1.807) is 24.3 Å². The first-order valence-electron chi connectivity index (χ1n) is 8.22. The van der Waals surface area contributed by atoms with Gasteiger partial charge in [0.2, 0.25) is 5.91 Å². The number of benzene rings is 1. The highest BCUT2D eigenvalue weighted by Gasteiger charge is 2.13. The first-order chi connectivity index (χ1) is 11.4. The molecule has 6 nitrogen and oxygen atoms in total. The van der Waals surface area contributed by atoms with Gasteiger partial charge in [0.1, 0.15) is 5.75 Å². The first kappa shape index (κ1) is 19.7. The zero-order chi connectivity index (χ0) is 17.9. The second-order valence-corrected chi connectivity index (χ2v) is 5.98. The van der Waals surface area contributed by atoms with Crippen molar-refractivity contribution in [2.24, 2.45) is 5.92 Å². The first-order valence-corrected chi connectivity index (χ1v) is 8.22. The minimum Gasteiger partial charge on any atom is -0.426 e. The fourth-order valence-corrected chi connectivity index (χ4v) is 2.03. The lowest BCUT2D eigenvalue weighted by Gasteiger charge is -2.10. The second kappa shape index (κ2) is 10.4. The second-order valence-electron chi connectivity index (χ2n) is 5.98. The number of hydrogen-bond donors (Lipinski definition) is 2. The Hall–Kier alpha value is -2.37. The molecule has 0 aliphatic carbocycles. The van der Waals surface area contributed by atoms with Crippen molar-refractivity contribution in [3.63, 3.8) is 0 Å². The Morgan fingerprint density at radius 1 is 1.08 bits per heavy atom. The average Bonchev–Trinajstić information content (AvgIpc) is 2.51. The van der Waals surface area contributed by atoms with Crippen molar-refractivity contribution in [2.45, 2.75) is 40.0 Å². The van der Waals surface area contributed by atoms with E-state index in [9.17, 15) is 14.4 Å². The molecule has 24 heavy (non-hydrogen) atoms. The third-order valence-electron chi connectivity index (χ3n) is 3.30. The summed E-state index contributed by atoms with van der Waals surface area (Å²) >= 11 is 0. The van der Waals surface area contributed by atoms with Crippen LogP contribution in [0, 0.1) is 5.92 Å². The van der Waals surface area contributed by atoms with Gasteiger partial charge in [0.25, 0.3) is 5.91 Å². The molecule has 0 aliphatic rings. The number of ether oxygens (including phenoxy) is 1. The maximum absolute atomic E-state index is 12.1. The van der Waals surface area contributed by atoms with Gasteiger partial charge in [0.05, 0.1) is 5.56 Å². The molecule has 0 spiro atoms. The molecule has 0 saturated heterocycles. The molecule has 2 amide bonds. The average molecular weight is 334 g/mol. The molecule has 0 aromatic heterocycles. The van der Waals surface area contributed by atoms with Crippen LogP contribution >= 0.6 is 0 Å². The minimum atomic E-state index is -0.478. The van der Waals surface area contributed by atoms with Gasteiger partial charge in [0, 0.05) is 26.4 Å². The molecule has 0 fully saturated rings. The number of para-hydroxylation sites is 1. The Bertz CT molecular complexity index is 570. The number of amides is 2. The highest BCUT2D eigenvalue weighted by molar-refractivity contribution is 5.97. The van der Waals surface area contributed by atoms with Gasteiger partial charge in [-0.15, -0.1) is 0 Å². The van der Waals surface area contributed by atoms with Gasteiger partial charge in [0.15, 0.2) is 0 Å². The van der Waals surface area contributed by atoms with Crippen molar-refractivity contribution < 1.29 is 19.1 Å². The molecule has 0 aliphatic heterocycles. The predicted octanol–water partition coefficient (Wildman–Crippen LogP) is 2.28. The molecule has 0 saturated carbocycles. The Balaban J connectivity index is 2.34. The third-order valence-corrected chi connectivity index (χ3v) is 3.30. The van der Waals surface area contributed by atoms with Gasteiger partial charge < -0.3 is 15.4 Å². The van der Waals surface area contributed by atoms with E-state index in [2.05, 4.69) is 24.5 Å². The van der Waals surface area contributed by atoms with Gasteiger partial charge in [-0.2, -0.15) is 0 Å². The minimum absolute atomic E-state index is 0.00906. The van der Waals surface area contributed by atoms with Gasteiger partial charge in [-0.3, -0.25) is 14.4 Å². The van der Waals surface area contributed by atoms with Crippen LogP contribution in [0.25, 0.3) is 0 Å². The van der Waals surface area contributed by atoms with Crippen LogP contribution < -0.4 is 15.4 Å². The molecule has 6 heteroatoms. The van der Waals surface area contributed by atoms with E-state index in [0.717, 1.165) is 6.42 Å². The van der Waals surface area contributed by atoms with Crippen LogP contribution in [0.15, 0.2) is 24.3 Å². The number of nitrogens with one attached hydrogen (secondary N) is 2. The molecule has 132 valence electrons. The van der Waals surface area contributed by atoms with Crippen LogP contribution in [0.2, 0.25) is 0 Å². The standard InChI is InChI=1S/C18H26N2O4/c1-13(2)10-12-19-17(22)9-6-11-20-18(23)15-7-4-5-8-16(15)24-14(3)21/h4-5,7-8,13H,6,9-12H2,1-3H3,(H,19,22)(H,20,23). The Labute approximate surface area is 143 Å². The van der Waals surface area contributed by atoms with Crippen LogP contribution in [0.1, 0.15) is 50.4 Å². The van der Waals surface area contributed by atoms with Crippen LogP contribution in [-0.4, -0.2) is 30.9 Å². The van der Waals surface area contributed by atoms with E-state index in [4.69, 9.17) is 4.74 Å². The summed E-state index contributed by atoms with van der Waals surface area (Å²) in [4.78, 5) is 34.8. The highest BCUT2D eigenvalue weighted by Crippen LogP contribution is 2.17. The molecular weight excluding hydrogens is 308 g/mol. The van der Waals surface area contributed by atoms with Crippen LogP contribution in [0.5, 0.6) is 5.75 Å². The molecule has 0 unspecified atom stereocenters. The zero-order valence-electron chi connectivity index (χ0n) is 14.6. The van der Waals surface area contributed by atoms with Gasteiger partial charge >= 0.3 is 5.97 Å². The summed E-state index contributed by atoms with van der Waals surface area (Å²) in [7, 11) is 0. The molecule has 1 rings (SSSR count). The van der Waals surface area contributed by atoms with Crippen LogP contribution in [0.3, 0.4) is 0 Å².